The van der Waals surface area contributed by atoms with Crippen molar-refractivity contribution >= 4 is 28.1 Å². The van der Waals surface area contributed by atoms with Gasteiger partial charge in [0.15, 0.2) is 0 Å². The standard InChI is InChI=1S/C18H22N4O5S/c1-2-27-11-5-10-19-18(23)15-8-9-17(20-12-15)22-21-13-14-6-3-4-7-16(14)28(24,25)26/h3-4,6-9,12-13H,2,5,10-11H2,1H3,(H,19,23)(H,20,22)(H,24,25,26)/b21-13+. The zero-order chi connectivity index (χ0) is 20.4. The van der Waals surface area contributed by atoms with Crippen LogP contribution in [0.15, 0.2) is 52.6 Å². The van der Waals surface area contributed by atoms with Gasteiger partial charge >= 0.3 is 0 Å². The van der Waals surface area contributed by atoms with Gasteiger partial charge < -0.3 is 10.1 Å². The largest absolute Gasteiger partial charge is 0.382 e. The molecule has 150 valence electrons. The van der Waals surface area contributed by atoms with Crippen molar-refractivity contribution in [3.05, 3.63) is 53.7 Å². The van der Waals surface area contributed by atoms with Crippen LogP contribution >= 0.6 is 0 Å². The molecule has 28 heavy (non-hydrogen) atoms. The van der Waals surface area contributed by atoms with E-state index in [9.17, 15) is 17.8 Å². The lowest BCUT2D eigenvalue weighted by Gasteiger charge is -2.06. The van der Waals surface area contributed by atoms with Crippen LogP contribution in [-0.4, -0.2) is 49.8 Å². The molecule has 0 aliphatic heterocycles. The number of ether oxygens (including phenoxy) is 1. The van der Waals surface area contributed by atoms with Crippen molar-refractivity contribution in [2.24, 2.45) is 5.10 Å². The van der Waals surface area contributed by atoms with Crippen molar-refractivity contribution in [1.29, 1.82) is 0 Å². The minimum atomic E-state index is -4.34. The van der Waals surface area contributed by atoms with Gasteiger partial charge in [-0.1, -0.05) is 18.2 Å². The highest BCUT2D eigenvalue weighted by Crippen LogP contribution is 2.13. The Kier molecular flexibility index (Phi) is 8.05. The highest BCUT2D eigenvalue weighted by Gasteiger charge is 2.13. The Morgan fingerprint density at radius 1 is 1.29 bits per heavy atom. The first-order valence-electron chi connectivity index (χ1n) is 8.59. The van der Waals surface area contributed by atoms with Crippen molar-refractivity contribution in [3.8, 4) is 0 Å². The smallest absolute Gasteiger partial charge is 0.295 e. The molecule has 0 spiro atoms. The molecule has 1 heterocycles. The molecule has 0 aliphatic rings. The summed E-state index contributed by atoms with van der Waals surface area (Å²) in [6.45, 7) is 3.67. The number of aromatic nitrogens is 1. The minimum absolute atomic E-state index is 0.223. The minimum Gasteiger partial charge on any atom is -0.382 e. The lowest BCUT2D eigenvalue weighted by molar-refractivity contribution is 0.0944. The molecule has 1 amide bonds. The van der Waals surface area contributed by atoms with Crippen LogP contribution in [0.25, 0.3) is 0 Å². The van der Waals surface area contributed by atoms with Crippen LogP contribution in [0.3, 0.4) is 0 Å². The molecule has 2 rings (SSSR count). The predicted octanol–water partition coefficient (Wildman–Crippen LogP) is 1.93. The van der Waals surface area contributed by atoms with Crippen molar-refractivity contribution < 1.29 is 22.5 Å². The molecule has 0 saturated carbocycles. The van der Waals surface area contributed by atoms with E-state index in [2.05, 4.69) is 20.8 Å². The van der Waals surface area contributed by atoms with E-state index in [4.69, 9.17) is 4.74 Å². The second-order valence-corrected chi connectivity index (χ2v) is 7.01. The molecule has 0 bridgehead atoms. The molecule has 10 heteroatoms. The first kappa shape index (κ1) is 21.5. The van der Waals surface area contributed by atoms with Crippen LogP contribution in [0, 0.1) is 0 Å². The fourth-order valence-corrected chi connectivity index (χ4v) is 2.88. The van der Waals surface area contributed by atoms with Crippen LogP contribution in [0.4, 0.5) is 5.82 Å². The topological polar surface area (TPSA) is 130 Å². The summed E-state index contributed by atoms with van der Waals surface area (Å²) in [4.78, 5) is 15.8. The molecule has 1 aromatic heterocycles. The Bertz CT molecular complexity index is 914. The van der Waals surface area contributed by atoms with Gasteiger partial charge in [-0.25, -0.2) is 4.98 Å². The number of carbonyl (C=O) groups is 1. The van der Waals surface area contributed by atoms with E-state index in [1.807, 2.05) is 6.92 Å². The van der Waals surface area contributed by atoms with E-state index in [0.717, 1.165) is 6.42 Å². The number of carbonyl (C=O) groups excluding carboxylic acids is 1. The first-order valence-corrected chi connectivity index (χ1v) is 10.0. The molecule has 0 radical (unpaired) electrons. The molecule has 1 aromatic carbocycles. The molecule has 9 nitrogen and oxygen atoms in total. The third-order valence-electron chi connectivity index (χ3n) is 3.56. The fourth-order valence-electron chi connectivity index (χ4n) is 2.21. The molecular formula is C18H22N4O5S. The Morgan fingerprint density at radius 2 is 2.07 bits per heavy atom. The van der Waals surface area contributed by atoms with Gasteiger partial charge in [0.1, 0.15) is 10.7 Å². The summed E-state index contributed by atoms with van der Waals surface area (Å²) in [5.74, 6) is 0.134. The van der Waals surface area contributed by atoms with Crippen LogP contribution in [0.5, 0.6) is 0 Å². The van der Waals surface area contributed by atoms with Crippen molar-refractivity contribution in [2.45, 2.75) is 18.2 Å². The van der Waals surface area contributed by atoms with Gasteiger partial charge in [0.05, 0.1) is 11.8 Å². The van der Waals surface area contributed by atoms with Crippen LogP contribution in [0.1, 0.15) is 29.3 Å². The van der Waals surface area contributed by atoms with Crippen molar-refractivity contribution in [1.82, 2.24) is 10.3 Å². The molecule has 0 fully saturated rings. The number of hydrogen-bond donors (Lipinski definition) is 3. The molecule has 0 atom stereocenters. The van der Waals surface area contributed by atoms with E-state index in [1.54, 1.807) is 18.2 Å². The SMILES string of the molecule is CCOCCCNC(=O)c1ccc(N/N=C/c2ccccc2S(=O)(=O)O)nc1. The third kappa shape index (κ3) is 6.72. The molecule has 2 aromatic rings. The molecule has 0 unspecified atom stereocenters. The van der Waals surface area contributed by atoms with Gasteiger partial charge in [0.2, 0.25) is 0 Å². The Morgan fingerprint density at radius 3 is 2.75 bits per heavy atom. The highest BCUT2D eigenvalue weighted by atomic mass is 32.2. The second-order valence-electron chi connectivity index (χ2n) is 5.62. The van der Waals surface area contributed by atoms with E-state index >= 15 is 0 Å². The van der Waals surface area contributed by atoms with E-state index in [0.29, 0.717) is 31.1 Å². The van der Waals surface area contributed by atoms with Crippen molar-refractivity contribution in [2.75, 3.05) is 25.2 Å². The average Bonchev–Trinajstić information content (AvgIpc) is 2.68. The number of amides is 1. The number of hydrogen-bond acceptors (Lipinski definition) is 7. The second kappa shape index (κ2) is 10.5. The number of rotatable bonds is 10. The molecular weight excluding hydrogens is 384 g/mol. The lowest BCUT2D eigenvalue weighted by atomic mass is 10.2. The van der Waals surface area contributed by atoms with Gasteiger partial charge in [0.25, 0.3) is 16.0 Å². The zero-order valence-electron chi connectivity index (χ0n) is 15.3. The fraction of sp³-hybridized carbons (Fsp3) is 0.278. The number of hydrazone groups is 1. The van der Waals surface area contributed by atoms with Crippen LogP contribution < -0.4 is 10.7 Å². The van der Waals surface area contributed by atoms with Gasteiger partial charge in [-0.05, 0) is 31.5 Å². The summed E-state index contributed by atoms with van der Waals surface area (Å²) >= 11 is 0. The summed E-state index contributed by atoms with van der Waals surface area (Å²) < 4.78 is 37.1. The molecule has 0 saturated heterocycles. The third-order valence-corrected chi connectivity index (χ3v) is 4.49. The highest BCUT2D eigenvalue weighted by molar-refractivity contribution is 7.86. The normalized spacial score (nSPS) is 11.5. The zero-order valence-corrected chi connectivity index (χ0v) is 16.1. The van der Waals surface area contributed by atoms with Gasteiger partial charge in [-0.15, -0.1) is 0 Å². The number of nitrogens with zero attached hydrogens (tertiary/aromatic N) is 2. The quantitative estimate of drug-likeness (QED) is 0.238. The van der Waals surface area contributed by atoms with E-state index in [-0.39, 0.29) is 16.4 Å². The maximum absolute atomic E-state index is 12.0. The van der Waals surface area contributed by atoms with Crippen molar-refractivity contribution in [3.63, 3.8) is 0 Å². The summed E-state index contributed by atoms with van der Waals surface area (Å²) in [6.07, 6.45) is 3.39. The first-order chi connectivity index (χ1) is 13.4. The van der Waals surface area contributed by atoms with E-state index in [1.165, 1.54) is 30.6 Å². The number of nitrogens with one attached hydrogen (secondary N) is 2. The Hall–Kier alpha value is -2.82. The van der Waals surface area contributed by atoms with Gasteiger partial charge in [0, 0.05) is 31.5 Å². The lowest BCUT2D eigenvalue weighted by Crippen LogP contribution is -2.25. The Balaban J connectivity index is 1.91. The maximum Gasteiger partial charge on any atom is 0.295 e. The maximum atomic E-state index is 12.0. The number of benzene rings is 1. The van der Waals surface area contributed by atoms with Crippen LogP contribution in [0.2, 0.25) is 0 Å². The van der Waals surface area contributed by atoms with E-state index < -0.39 is 10.1 Å². The number of anilines is 1. The summed E-state index contributed by atoms with van der Waals surface area (Å²) in [7, 11) is -4.34. The monoisotopic (exact) mass is 406 g/mol. The van der Waals surface area contributed by atoms with Crippen LogP contribution in [-0.2, 0) is 14.9 Å². The Labute approximate surface area is 163 Å². The average molecular weight is 406 g/mol. The summed E-state index contributed by atoms with van der Waals surface area (Å²) in [6, 6.07) is 9.06. The summed E-state index contributed by atoms with van der Waals surface area (Å²) in [5.41, 5.74) is 3.27. The predicted molar refractivity (Wildman–Crippen MR) is 105 cm³/mol. The number of pyridine rings is 1. The molecule has 3 N–H and O–H groups in total. The molecule has 0 aliphatic carbocycles. The summed E-state index contributed by atoms with van der Waals surface area (Å²) in [5, 5.41) is 6.68. The van der Waals surface area contributed by atoms with Gasteiger partial charge in [-0.2, -0.15) is 13.5 Å². The van der Waals surface area contributed by atoms with Gasteiger partial charge in [-0.3, -0.25) is 14.8 Å².